The predicted molar refractivity (Wildman–Crippen MR) is 154 cm³/mol. The molecular weight excluding hydrogens is 562 g/mol. The van der Waals surface area contributed by atoms with Gasteiger partial charge >= 0.3 is 0 Å². The number of halogens is 2. The number of carbonyl (C=O) groups excluding carboxylic acids is 1. The number of aliphatic hydroxyl groups excluding tert-OH is 1. The summed E-state index contributed by atoms with van der Waals surface area (Å²) in [6.45, 7) is 2.07. The molecule has 0 aliphatic carbocycles. The number of anilines is 1. The van der Waals surface area contributed by atoms with Crippen LogP contribution < -0.4 is 15.6 Å². The van der Waals surface area contributed by atoms with Gasteiger partial charge < -0.3 is 19.9 Å². The molecule has 0 aliphatic rings. The van der Waals surface area contributed by atoms with Gasteiger partial charge in [-0.1, -0.05) is 6.07 Å². The summed E-state index contributed by atoms with van der Waals surface area (Å²) in [7, 11) is 1.55. The fourth-order valence-electron chi connectivity index (χ4n) is 4.65. The van der Waals surface area contributed by atoms with Crippen LogP contribution in [0.2, 0.25) is 0 Å². The molecule has 2 aromatic carbocycles. The smallest absolute Gasteiger partial charge is 0.282 e. The van der Waals surface area contributed by atoms with E-state index in [1.54, 1.807) is 13.2 Å². The number of H-pyrrole nitrogens is 1. The Morgan fingerprint density at radius 2 is 1.88 bits per heavy atom. The lowest BCUT2D eigenvalue weighted by atomic mass is 9.99. The van der Waals surface area contributed by atoms with Crippen molar-refractivity contribution < 1.29 is 28.2 Å². The van der Waals surface area contributed by atoms with Crippen LogP contribution in [0.3, 0.4) is 0 Å². The van der Waals surface area contributed by atoms with Crippen LogP contribution in [-0.4, -0.2) is 61.7 Å². The van der Waals surface area contributed by atoms with Gasteiger partial charge in [0, 0.05) is 38.6 Å². The first-order valence-corrected chi connectivity index (χ1v) is 13.3. The maximum Gasteiger partial charge on any atom is 0.282 e. The lowest BCUT2D eigenvalue weighted by Gasteiger charge is -2.29. The molecule has 0 bridgehead atoms. The van der Waals surface area contributed by atoms with E-state index in [9.17, 15) is 19.1 Å². The van der Waals surface area contributed by atoms with Crippen LogP contribution in [0, 0.1) is 11.6 Å². The zero-order valence-electron chi connectivity index (χ0n) is 23.3. The molecule has 43 heavy (non-hydrogen) atoms. The average molecular weight is 591 g/mol. The number of nitrogens with zero attached hydrogens (tertiary/aromatic N) is 4. The van der Waals surface area contributed by atoms with Crippen molar-refractivity contribution in [2.45, 2.75) is 25.3 Å². The fraction of sp³-hybridized carbons (Fsp3) is 0.233. The third kappa shape index (κ3) is 6.42. The molecule has 0 amide bonds. The van der Waals surface area contributed by atoms with Crippen LogP contribution in [0.25, 0.3) is 16.7 Å². The van der Waals surface area contributed by atoms with Gasteiger partial charge in [0.2, 0.25) is 0 Å². The number of ketones is 1. The number of rotatable bonds is 12. The molecule has 0 aliphatic heterocycles. The summed E-state index contributed by atoms with van der Waals surface area (Å²) in [5.41, 5.74) is -0.451. The SMILES string of the molecule is COCC(C)(CCO)Nc1n[nH]c2nccc(Oc3ccc(CC(=O)c4ccnn(-c5ccc(F)cc5)c4=O)cc3F)c12. The molecule has 0 spiro atoms. The number of aromatic nitrogens is 5. The Hall–Kier alpha value is -5.01. The number of nitrogens with one attached hydrogen (secondary N) is 2. The van der Waals surface area contributed by atoms with E-state index in [2.05, 4.69) is 25.6 Å². The Kier molecular flexibility index (Phi) is 8.55. The van der Waals surface area contributed by atoms with Gasteiger partial charge in [0.1, 0.15) is 17.0 Å². The van der Waals surface area contributed by atoms with Crippen molar-refractivity contribution >= 4 is 22.6 Å². The minimum atomic E-state index is -0.726. The highest BCUT2D eigenvalue weighted by Gasteiger charge is 2.27. The van der Waals surface area contributed by atoms with E-state index >= 15 is 4.39 Å². The number of aliphatic hydroxyl groups is 1. The Labute approximate surface area is 244 Å². The highest BCUT2D eigenvalue weighted by Crippen LogP contribution is 2.35. The number of carbonyl (C=O) groups is 1. The number of hydrogen-bond acceptors (Lipinski definition) is 9. The minimum absolute atomic E-state index is 0.0809. The van der Waals surface area contributed by atoms with E-state index in [1.165, 1.54) is 54.9 Å². The zero-order valence-corrected chi connectivity index (χ0v) is 23.3. The Morgan fingerprint density at radius 3 is 2.60 bits per heavy atom. The number of aromatic amines is 1. The molecular formula is C30H28F2N6O5. The van der Waals surface area contributed by atoms with Crippen LogP contribution in [0.15, 0.2) is 71.8 Å². The summed E-state index contributed by atoms with van der Waals surface area (Å²) in [5, 5.41) is 24.3. The van der Waals surface area contributed by atoms with Crippen molar-refractivity contribution in [2.24, 2.45) is 0 Å². The van der Waals surface area contributed by atoms with Gasteiger partial charge in [-0.25, -0.2) is 13.8 Å². The molecule has 5 rings (SSSR count). The molecule has 13 heteroatoms. The summed E-state index contributed by atoms with van der Waals surface area (Å²) < 4.78 is 40.8. The van der Waals surface area contributed by atoms with Gasteiger partial charge in [-0.3, -0.25) is 14.7 Å². The number of hydrogen-bond donors (Lipinski definition) is 3. The highest BCUT2D eigenvalue weighted by molar-refractivity contribution is 5.97. The molecule has 5 aromatic rings. The van der Waals surface area contributed by atoms with Gasteiger partial charge in [0.25, 0.3) is 5.56 Å². The predicted octanol–water partition coefficient (Wildman–Crippen LogP) is 4.20. The van der Waals surface area contributed by atoms with Crippen molar-refractivity contribution in [3.63, 3.8) is 0 Å². The van der Waals surface area contributed by atoms with Crippen LogP contribution >= 0.6 is 0 Å². The molecule has 0 saturated carbocycles. The lowest BCUT2D eigenvalue weighted by molar-refractivity contribution is 0.0990. The van der Waals surface area contributed by atoms with Crippen LogP contribution in [-0.2, 0) is 11.2 Å². The summed E-state index contributed by atoms with van der Waals surface area (Å²) in [6.07, 6.45) is 2.91. The highest BCUT2D eigenvalue weighted by atomic mass is 19.1. The third-order valence-electron chi connectivity index (χ3n) is 6.77. The largest absolute Gasteiger partial charge is 0.453 e. The Morgan fingerprint density at radius 1 is 1.09 bits per heavy atom. The third-order valence-corrected chi connectivity index (χ3v) is 6.77. The molecule has 3 heterocycles. The Balaban J connectivity index is 1.36. The molecule has 0 fully saturated rings. The topological polar surface area (TPSA) is 144 Å². The van der Waals surface area contributed by atoms with Crippen LogP contribution in [0.4, 0.5) is 14.6 Å². The van der Waals surface area contributed by atoms with Crippen molar-refractivity contribution in [1.82, 2.24) is 25.0 Å². The lowest BCUT2D eigenvalue weighted by Crippen LogP contribution is -2.40. The number of pyridine rings is 1. The quantitative estimate of drug-likeness (QED) is 0.182. The van der Waals surface area contributed by atoms with Gasteiger partial charge in [0.05, 0.1) is 23.4 Å². The van der Waals surface area contributed by atoms with Gasteiger partial charge in [-0.05, 0) is 61.4 Å². The summed E-state index contributed by atoms with van der Waals surface area (Å²) >= 11 is 0. The number of methoxy groups -OCH3 is 1. The monoisotopic (exact) mass is 590 g/mol. The number of Topliss-reactive ketones (excluding diaryl/α,β-unsaturated/α-hetero) is 1. The van der Waals surface area contributed by atoms with E-state index < -0.39 is 28.5 Å². The summed E-state index contributed by atoms with van der Waals surface area (Å²) in [6, 6.07) is 12.0. The van der Waals surface area contributed by atoms with Crippen LogP contribution in [0.5, 0.6) is 11.5 Å². The molecule has 1 unspecified atom stereocenters. The first-order valence-electron chi connectivity index (χ1n) is 13.3. The van der Waals surface area contributed by atoms with E-state index in [-0.39, 0.29) is 36.7 Å². The second-order valence-corrected chi connectivity index (χ2v) is 10.1. The molecule has 0 radical (unpaired) electrons. The second kappa shape index (κ2) is 12.5. The summed E-state index contributed by atoms with van der Waals surface area (Å²) in [4.78, 5) is 30.2. The normalized spacial score (nSPS) is 12.7. The number of ether oxygens (including phenoxy) is 2. The maximum atomic E-state index is 15.2. The maximum absolute atomic E-state index is 15.2. The standard InChI is InChI=1S/C30H28F2N6O5/c1-30(11-14-39,17-42-2)35-28-26-25(10-12-33-27(26)36-37-28)43-24-8-3-18(15-22(24)32)16-23(40)21-9-13-34-38(29(21)41)20-6-4-19(31)5-7-20/h3-10,12-13,15,39H,11,14,16-17H2,1-2H3,(H2,33,35,36,37). The molecule has 0 saturated heterocycles. The first-order chi connectivity index (χ1) is 20.7. The van der Waals surface area contributed by atoms with Gasteiger partial charge in [0.15, 0.2) is 28.8 Å². The minimum Gasteiger partial charge on any atom is -0.453 e. The summed E-state index contributed by atoms with van der Waals surface area (Å²) in [5.74, 6) is -1.19. The number of fused-ring (bicyclic) bond motifs is 1. The second-order valence-electron chi connectivity index (χ2n) is 10.1. The molecule has 11 nitrogen and oxygen atoms in total. The van der Waals surface area contributed by atoms with Crippen molar-refractivity contribution in [3.05, 3.63) is 100 Å². The molecule has 1 atom stereocenters. The Bertz CT molecular complexity index is 1820. The molecule has 222 valence electrons. The van der Waals surface area contributed by atoms with E-state index in [1.807, 2.05) is 6.92 Å². The van der Waals surface area contributed by atoms with Crippen molar-refractivity contribution in [1.29, 1.82) is 0 Å². The van der Waals surface area contributed by atoms with Gasteiger partial charge in [-0.15, -0.1) is 0 Å². The van der Waals surface area contributed by atoms with Crippen molar-refractivity contribution in [3.8, 4) is 17.2 Å². The number of benzene rings is 2. The zero-order chi connectivity index (χ0) is 30.6. The molecule has 3 N–H and O–H groups in total. The van der Waals surface area contributed by atoms with E-state index in [0.717, 1.165) is 10.7 Å². The van der Waals surface area contributed by atoms with Crippen LogP contribution in [0.1, 0.15) is 29.3 Å². The molecule has 3 aromatic heterocycles. The van der Waals surface area contributed by atoms with E-state index in [0.29, 0.717) is 34.5 Å². The van der Waals surface area contributed by atoms with E-state index in [4.69, 9.17) is 9.47 Å². The first kappa shape index (κ1) is 29.5. The fourth-order valence-corrected chi connectivity index (χ4v) is 4.65. The van der Waals surface area contributed by atoms with Crippen molar-refractivity contribution in [2.75, 3.05) is 25.6 Å². The average Bonchev–Trinajstić information content (AvgIpc) is 3.38. The van der Waals surface area contributed by atoms with Gasteiger partial charge in [-0.2, -0.15) is 14.9 Å².